The SMILES string of the molecule is CCNC(=NCc1ccccc1C)NCC1(O)CCSC1. The number of hydrogen-bond acceptors (Lipinski definition) is 3. The van der Waals surface area contributed by atoms with E-state index in [0.29, 0.717) is 13.1 Å². The van der Waals surface area contributed by atoms with E-state index in [9.17, 15) is 5.11 Å². The minimum atomic E-state index is -0.594. The molecule has 1 unspecified atom stereocenters. The molecule has 0 aliphatic carbocycles. The topological polar surface area (TPSA) is 56.7 Å². The molecular formula is C16H25N3OS. The number of hydrogen-bond donors (Lipinski definition) is 3. The van der Waals surface area contributed by atoms with Gasteiger partial charge in [-0.15, -0.1) is 0 Å². The van der Waals surface area contributed by atoms with Gasteiger partial charge in [-0.05, 0) is 37.1 Å². The third kappa shape index (κ3) is 4.93. The molecule has 116 valence electrons. The monoisotopic (exact) mass is 307 g/mol. The van der Waals surface area contributed by atoms with E-state index in [1.54, 1.807) is 0 Å². The summed E-state index contributed by atoms with van der Waals surface area (Å²) in [6, 6.07) is 8.28. The van der Waals surface area contributed by atoms with Crippen molar-refractivity contribution in [3.8, 4) is 0 Å². The summed E-state index contributed by atoms with van der Waals surface area (Å²) in [4.78, 5) is 4.61. The van der Waals surface area contributed by atoms with Crippen LogP contribution in [-0.4, -0.2) is 41.3 Å². The smallest absolute Gasteiger partial charge is 0.191 e. The summed E-state index contributed by atoms with van der Waals surface area (Å²) in [7, 11) is 0. The molecule has 0 saturated carbocycles. The van der Waals surface area contributed by atoms with E-state index in [4.69, 9.17) is 0 Å². The molecular weight excluding hydrogens is 282 g/mol. The van der Waals surface area contributed by atoms with Crippen LogP contribution in [0.1, 0.15) is 24.5 Å². The second kappa shape index (κ2) is 7.71. The lowest BCUT2D eigenvalue weighted by atomic mass is 10.0. The third-order valence-electron chi connectivity index (χ3n) is 3.68. The Labute approximate surface area is 131 Å². The fourth-order valence-electron chi connectivity index (χ4n) is 2.28. The Bertz CT molecular complexity index is 484. The van der Waals surface area contributed by atoms with Gasteiger partial charge in [-0.3, -0.25) is 0 Å². The van der Waals surface area contributed by atoms with Crippen LogP contribution in [0.5, 0.6) is 0 Å². The van der Waals surface area contributed by atoms with Crippen molar-refractivity contribution in [1.29, 1.82) is 0 Å². The largest absolute Gasteiger partial charge is 0.387 e. The first-order chi connectivity index (χ1) is 10.1. The maximum Gasteiger partial charge on any atom is 0.191 e. The quantitative estimate of drug-likeness (QED) is 0.575. The van der Waals surface area contributed by atoms with Gasteiger partial charge >= 0.3 is 0 Å². The number of nitrogens with zero attached hydrogens (tertiary/aromatic N) is 1. The van der Waals surface area contributed by atoms with Crippen LogP contribution in [0.15, 0.2) is 29.3 Å². The highest BCUT2D eigenvalue weighted by Crippen LogP contribution is 2.26. The highest BCUT2D eigenvalue weighted by Gasteiger charge is 2.31. The number of nitrogens with one attached hydrogen (secondary N) is 2. The summed E-state index contributed by atoms with van der Waals surface area (Å²) in [5, 5.41) is 16.9. The molecule has 0 radical (unpaired) electrons. The molecule has 1 aromatic rings. The van der Waals surface area contributed by atoms with Crippen LogP contribution in [0.4, 0.5) is 0 Å². The van der Waals surface area contributed by atoms with Crippen LogP contribution in [0.2, 0.25) is 0 Å². The van der Waals surface area contributed by atoms with Gasteiger partial charge in [-0.25, -0.2) is 4.99 Å². The fraction of sp³-hybridized carbons (Fsp3) is 0.562. The second-order valence-electron chi connectivity index (χ2n) is 5.50. The maximum absolute atomic E-state index is 10.4. The van der Waals surface area contributed by atoms with Crippen LogP contribution >= 0.6 is 11.8 Å². The van der Waals surface area contributed by atoms with E-state index < -0.39 is 5.60 Å². The minimum Gasteiger partial charge on any atom is -0.387 e. The van der Waals surface area contributed by atoms with Gasteiger partial charge in [0.25, 0.3) is 0 Å². The van der Waals surface area contributed by atoms with Gasteiger partial charge in [0.2, 0.25) is 0 Å². The first-order valence-electron chi connectivity index (χ1n) is 7.50. The molecule has 1 saturated heterocycles. The summed E-state index contributed by atoms with van der Waals surface area (Å²) in [5.41, 5.74) is 1.89. The fourth-order valence-corrected chi connectivity index (χ4v) is 3.57. The molecule has 1 heterocycles. The van der Waals surface area contributed by atoms with E-state index >= 15 is 0 Å². The average Bonchev–Trinajstić information content (AvgIpc) is 2.91. The third-order valence-corrected chi connectivity index (χ3v) is 4.91. The number of rotatable bonds is 5. The summed E-state index contributed by atoms with van der Waals surface area (Å²) in [6.45, 7) is 6.16. The summed E-state index contributed by atoms with van der Waals surface area (Å²) in [5.74, 6) is 2.61. The Morgan fingerprint density at radius 2 is 2.19 bits per heavy atom. The highest BCUT2D eigenvalue weighted by molar-refractivity contribution is 7.99. The molecule has 4 nitrogen and oxygen atoms in total. The number of aryl methyl sites for hydroxylation is 1. The molecule has 0 spiro atoms. The lowest BCUT2D eigenvalue weighted by Gasteiger charge is -2.23. The molecule has 1 atom stereocenters. The highest BCUT2D eigenvalue weighted by atomic mass is 32.2. The predicted octanol–water partition coefficient (Wildman–Crippen LogP) is 1.92. The van der Waals surface area contributed by atoms with E-state index in [0.717, 1.165) is 30.4 Å². The zero-order chi connectivity index (χ0) is 15.1. The van der Waals surface area contributed by atoms with Crippen LogP contribution in [-0.2, 0) is 6.54 Å². The van der Waals surface area contributed by atoms with Crippen LogP contribution in [0.3, 0.4) is 0 Å². The van der Waals surface area contributed by atoms with E-state index in [2.05, 4.69) is 34.7 Å². The summed E-state index contributed by atoms with van der Waals surface area (Å²) in [6.07, 6.45) is 0.849. The first kappa shape index (κ1) is 16.2. The van der Waals surface area contributed by atoms with Gasteiger partial charge in [0.05, 0.1) is 12.1 Å². The summed E-state index contributed by atoms with van der Waals surface area (Å²) >= 11 is 1.81. The van der Waals surface area contributed by atoms with Crippen molar-refractivity contribution in [3.05, 3.63) is 35.4 Å². The Balaban J connectivity index is 1.94. The Morgan fingerprint density at radius 3 is 2.86 bits per heavy atom. The van der Waals surface area contributed by atoms with E-state index in [-0.39, 0.29) is 0 Å². The van der Waals surface area contributed by atoms with E-state index in [1.165, 1.54) is 11.1 Å². The molecule has 3 N–H and O–H groups in total. The molecule has 21 heavy (non-hydrogen) atoms. The van der Waals surface area contributed by atoms with Gasteiger partial charge in [0, 0.05) is 18.8 Å². The van der Waals surface area contributed by atoms with E-state index in [1.807, 2.05) is 30.8 Å². The van der Waals surface area contributed by atoms with Gasteiger partial charge in [0.1, 0.15) is 0 Å². The first-order valence-corrected chi connectivity index (χ1v) is 8.65. The molecule has 0 aromatic heterocycles. The average molecular weight is 307 g/mol. The van der Waals surface area contributed by atoms with Crippen molar-refractivity contribution in [3.63, 3.8) is 0 Å². The number of thioether (sulfide) groups is 1. The zero-order valence-electron chi connectivity index (χ0n) is 12.9. The second-order valence-corrected chi connectivity index (χ2v) is 6.61. The molecule has 2 rings (SSSR count). The van der Waals surface area contributed by atoms with Crippen molar-refractivity contribution < 1.29 is 5.11 Å². The number of guanidine groups is 1. The maximum atomic E-state index is 10.4. The molecule has 1 aliphatic rings. The lowest BCUT2D eigenvalue weighted by Crippen LogP contribution is -2.47. The van der Waals surface area contributed by atoms with Crippen molar-refractivity contribution in [1.82, 2.24) is 10.6 Å². The zero-order valence-corrected chi connectivity index (χ0v) is 13.7. The van der Waals surface area contributed by atoms with Gasteiger partial charge in [-0.2, -0.15) is 11.8 Å². The van der Waals surface area contributed by atoms with Crippen molar-refractivity contribution >= 4 is 17.7 Å². The van der Waals surface area contributed by atoms with Crippen molar-refractivity contribution in [2.75, 3.05) is 24.6 Å². The Hall–Kier alpha value is -1.20. The molecule has 1 aliphatic heterocycles. The Morgan fingerprint density at radius 1 is 1.38 bits per heavy atom. The molecule has 5 heteroatoms. The molecule has 1 fully saturated rings. The van der Waals surface area contributed by atoms with Crippen molar-refractivity contribution in [2.24, 2.45) is 4.99 Å². The van der Waals surface area contributed by atoms with Crippen molar-refractivity contribution in [2.45, 2.75) is 32.4 Å². The number of benzene rings is 1. The predicted molar refractivity (Wildman–Crippen MR) is 90.9 cm³/mol. The molecule has 0 amide bonds. The lowest BCUT2D eigenvalue weighted by molar-refractivity contribution is 0.0724. The van der Waals surface area contributed by atoms with Gasteiger partial charge in [-0.1, -0.05) is 24.3 Å². The summed E-state index contributed by atoms with van der Waals surface area (Å²) < 4.78 is 0. The molecule has 0 bridgehead atoms. The van der Waals surface area contributed by atoms with Crippen LogP contribution in [0, 0.1) is 6.92 Å². The van der Waals surface area contributed by atoms with Gasteiger partial charge < -0.3 is 15.7 Å². The molecule has 1 aromatic carbocycles. The Kier molecular flexibility index (Phi) is 5.94. The standard InChI is InChI=1S/C16H25N3OS/c1-3-17-15(19-11-16(20)8-9-21-12-16)18-10-14-7-5-4-6-13(14)2/h4-7,20H,3,8-12H2,1-2H3,(H2,17,18,19). The van der Waals surface area contributed by atoms with Gasteiger partial charge in [0.15, 0.2) is 5.96 Å². The number of aliphatic imine (C=N–C) groups is 1. The normalized spacial score (nSPS) is 22.3. The number of aliphatic hydroxyl groups is 1. The van der Waals surface area contributed by atoms with Crippen LogP contribution in [0.25, 0.3) is 0 Å². The van der Waals surface area contributed by atoms with Crippen LogP contribution < -0.4 is 10.6 Å². The minimum absolute atomic E-state index is 0.555.